The van der Waals surface area contributed by atoms with Crippen LogP contribution in [0, 0.1) is 0 Å². The van der Waals surface area contributed by atoms with Gasteiger partial charge in [-0.3, -0.25) is 4.79 Å². The highest BCUT2D eigenvalue weighted by molar-refractivity contribution is 5.76. The van der Waals surface area contributed by atoms with E-state index in [1.54, 1.807) is 0 Å². The number of rotatable bonds is 8. The highest BCUT2D eigenvalue weighted by atomic mass is 16.5. The first-order valence-corrected chi connectivity index (χ1v) is 6.87. The first-order valence-electron chi connectivity index (χ1n) is 6.87. The van der Waals surface area contributed by atoms with Crippen LogP contribution in [0.3, 0.4) is 0 Å². The molecular formula is C13H26N2O2. The molecule has 3 N–H and O–H groups in total. The van der Waals surface area contributed by atoms with Crippen molar-refractivity contribution in [2.24, 2.45) is 5.73 Å². The summed E-state index contributed by atoms with van der Waals surface area (Å²) < 4.78 is 5.49. The summed E-state index contributed by atoms with van der Waals surface area (Å²) in [6.07, 6.45) is 7.18. The number of hydrogen-bond donors (Lipinski definition) is 2. The maximum atomic E-state index is 11.7. The lowest BCUT2D eigenvalue weighted by molar-refractivity contribution is -0.122. The molecule has 1 rings (SSSR count). The van der Waals surface area contributed by atoms with Gasteiger partial charge in [0.05, 0.1) is 6.10 Å². The molecule has 1 fully saturated rings. The van der Waals surface area contributed by atoms with E-state index in [0.717, 1.165) is 45.1 Å². The van der Waals surface area contributed by atoms with Crippen LogP contribution in [0.15, 0.2) is 0 Å². The van der Waals surface area contributed by atoms with Crippen LogP contribution in [0.25, 0.3) is 0 Å². The predicted octanol–water partition coefficient (Wildman–Crippen LogP) is 1.58. The molecule has 0 radical (unpaired) electrons. The summed E-state index contributed by atoms with van der Waals surface area (Å²) in [6, 6.07) is 0.145. The fraction of sp³-hybridized carbons (Fsp3) is 0.923. The van der Waals surface area contributed by atoms with Crippen molar-refractivity contribution < 1.29 is 9.53 Å². The van der Waals surface area contributed by atoms with Gasteiger partial charge in [-0.15, -0.1) is 0 Å². The van der Waals surface area contributed by atoms with E-state index in [9.17, 15) is 4.79 Å². The van der Waals surface area contributed by atoms with Gasteiger partial charge in [-0.2, -0.15) is 0 Å². The van der Waals surface area contributed by atoms with Crippen molar-refractivity contribution in [1.82, 2.24) is 5.32 Å². The number of hydrogen-bond acceptors (Lipinski definition) is 3. The topological polar surface area (TPSA) is 64.3 Å². The molecule has 1 saturated heterocycles. The lowest BCUT2D eigenvalue weighted by Crippen LogP contribution is -2.40. The summed E-state index contributed by atoms with van der Waals surface area (Å²) in [5, 5.41) is 3.01. The molecule has 17 heavy (non-hydrogen) atoms. The van der Waals surface area contributed by atoms with Crippen LogP contribution in [0.2, 0.25) is 0 Å². The van der Waals surface area contributed by atoms with Crippen molar-refractivity contribution >= 4 is 5.91 Å². The van der Waals surface area contributed by atoms with E-state index < -0.39 is 0 Å². The molecule has 0 aliphatic carbocycles. The van der Waals surface area contributed by atoms with Crippen molar-refractivity contribution in [3.63, 3.8) is 0 Å². The second kappa shape index (κ2) is 8.48. The monoisotopic (exact) mass is 242 g/mol. The SMILES string of the molecule is CCCCC(CN)NC(=O)CCC1CCCO1. The number of amides is 1. The molecule has 0 aromatic carbocycles. The Hall–Kier alpha value is -0.610. The fourth-order valence-electron chi connectivity index (χ4n) is 2.16. The van der Waals surface area contributed by atoms with E-state index in [1.165, 1.54) is 0 Å². The van der Waals surface area contributed by atoms with Crippen molar-refractivity contribution in [2.75, 3.05) is 13.2 Å². The van der Waals surface area contributed by atoms with Gasteiger partial charge in [-0.1, -0.05) is 19.8 Å². The van der Waals surface area contributed by atoms with Gasteiger partial charge >= 0.3 is 0 Å². The van der Waals surface area contributed by atoms with E-state index in [0.29, 0.717) is 19.1 Å². The molecule has 0 bridgehead atoms. The molecule has 2 atom stereocenters. The Bertz CT molecular complexity index is 215. The number of nitrogens with one attached hydrogen (secondary N) is 1. The minimum atomic E-state index is 0.118. The average molecular weight is 242 g/mol. The molecule has 0 spiro atoms. The summed E-state index contributed by atoms with van der Waals surface area (Å²) >= 11 is 0. The van der Waals surface area contributed by atoms with Crippen LogP contribution in [0.5, 0.6) is 0 Å². The van der Waals surface area contributed by atoms with Gasteiger partial charge in [0.2, 0.25) is 5.91 Å². The maximum absolute atomic E-state index is 11.7. The van der Waals surface area contributed by atoms with Gasteiger partial charge in [-0.25, -0.2) is 0 Å². The van der Waals surface area contributed by atoms with Crippen molar-refractivity contribution in [1.29, 1.82) is 0 Å². The van der Waals surface area contributed by atoms with Crippen LogP contribution >= 0.6 is 0 Å². The van der Waals surface area contributed by atoms with Crippen LogP contribution in [-0.2, 0) is 9.53 Å². The first-order chi connectivity index (χ1) is 8.26. The third-order valence-corrected chi connectivity index (χ3v) is 3.27. The largest absolute Gasteiger partial charge is 0.378 e. The van der Waals surface area contributed by atoms with Crippen LogP contribution in [0.4, 0.5) is 0 Å². The normalized spacial score (nSPS) is 21.4. The highest BCUT2D eigenvalue weighted by Gasteiger charge is 2.17. The lowest BCUT2D eigenvalue weighted by Gasteiger charge is -2.17. The van der Waals surface area contributed by atoms with Crippen molar-refractivity contribution in [3.05, 3.63) is 0 Å². The fourth-order valence-corrected chi connectivity index (χ4v) is 2.16. The van der Waals surface area contributed by atoms with E-state index in [2.05, 4.69) is 12.2 Å². The zero-order chi connectivity index (χ0) is 12.5. The predicted molar refractivity (Wildman–Crippen MR) is 68.7 cm³/mol. The van der Waals surface area contributed by atoms with E-state index in [-0.39, 0.29) is 11.9 Å². The molecular weight excluding hydrogens is 216 g/mol. The summed E-state index contributed by atoms with van der Waals surface area (Å²) in [7, 11) is 0. The summed E-state index contributed by atoms with van der Waals surface area (Å²) in [4.78, 5) is 11.7. The van der Waals surface area contributed by atoms with Crippen LogP contribution in [-0.4, -0.2) is 31.2 Å². The second-order valence-corrected chi connectivity index (χ2v) is 4.82. The Morgan fingerprint density at radius 1 is 1.59 bits per heavy atom. The minimum Gasteiger partial charge on any atom is -0.378 e. The first kappa shape index (κ1) is 14.5. The van der Waals surface area contributed by atoms with Gasteiger partial charge < -0.3 is 15.8 Å². The zero-order valence-electron chi connectivity index (χ0n) is 10.9. The quantitative estimate of drug-likeness (QED) is 0.679. The third-order valence-electron chi connectivity index (χ3n) is 3.27. The number of unbranched alkanes of at least 4 members (excludes halogenated alkanes) is 1. The van der Waals surface area contributed by atoms with E-state index >= 15 is 0 Å². The molecule has 4 nitrogen and oxygen atoms in total. The van der Waals surface area contributed by atoms with Gasteiger partial charge in [0.25, 0.3) is 0 Å². The highest BCUT2D eigenvalue weighted by Crippen LogP contribution is 2.16. The summed E-state index contributed by atoms with van der Waals surface area (Å²) in [6.45, 7) is 3.53. The zero-order valence-corrected chi connectivity index (χ0v) is 10.9. The molecule has 2 unspecified atom stereocenters. The third kappa shape index (κ3) is 6.03. The Balaban J connectivity index is 2.12. The average Bonchev–Trinajstić information content (AvgIpc) is 2.85. The number of nitrogens with two attached hydrogens (primary N) is 1. The molecule has 0 saturated carbocycles. The molecule has 100 valence electrons. The number of carbonyl (C=O) groups is 1. The van der Waals surface area contributed by atoms with Gasteiger partial charge in [-0.05, 0) is 25.7 Å². The molecule has 1 aliphatic rings. The Morgan fingerprint density at radius 3 is 3.00 bits per heavy atom. The minimum absolute atomic E-state index is 0.118. The molecule has 4 heteroatoms. The second-order valence-electron chi connectivity index (χ2n) is 4.82. The molecule has 0 aromatic heterocycles. The number of carbonyl (C=O) groups excluding carboxylic acids is 1. The maximum Gasteiger partial charge on any atom is 0.220 e. The Morgan fingerprint density at radius 2 is 2.41 bits per heavy atom. The number of ether oxygens (including phenoxy) is 1. The van der Waals surface area contributed by atoms with Crippen LogP contribution < -0.4 is 11.1 Å². The molecule has 0 aromatic rings. The lowest BCUT2D eigenvalue weighted by atomic mass is 10.1. The van der Waals surface area contributed by atoms with Crippen LogP contribution in [0.1, 0.15) is 51.9 Å². The van der Waals surface area contributed by atoms with Gasteiger partial charge in [0.1, 0.15) is 0 Å². The summed E-state index contributed by atoms with van der Waals surface area (Å²) in [5.74, 6) is 0.118. The Labute approximate surface area is 104 Å². The van der Waals surface area contributed by atoms with E-state index in [1.807, 2.05) is 0 Å². The van der Waals surface area contributed by atoms with Gasteiger partial charge in [0, 0.05) is 25.6 Å². The standard InChI is InChI=1S/C13H26N2O2/c1-2-3-5-11(10-14)15-13(16)8-7-12-6-4-9-17-12/h11-12H,2-10,14H2,1H3,(H,15,16). The van der Waals surface area contributed by atoms with E-state index in [4.69, 9.17) is 10.5 Å². The van der Waals surface area contributed by atoms with Crippen molar-refractivity contribution in [3.8, 4) is 0 Å². The molecule has 1 amide bonds. The van der Waals surface area contributed by atoms with Gasteiger partial charge in [0.15, 0.2) is 0 Å². The molecule has 1 heterocycles. The summed E-state index contributed by atoms with van der Waals surface area (Å²) in [5.41, 5.74) is 5.64. The van der Waals surface area contributed by atoms with Crippen molar-refractivity contribution in [2.45, 2.75) is 64.0 Å². The molecule has 1 aliphatic heterocycles. The Kier molecular flexibility index (Phi) is 7.21. The smallest absolute Gasteiger partial charge is 0.220 e.